The molecule has 2 aromatic carbocycles. The minimum Gasteiger partial charge on any atom is -0.492 e. The van der Waals surface area contributed by atoms with Crippen LogP contribution in [0.25, 0.3) is 0 Å². The van der Waals surface area contributed by atoms with Gasteiger partial charge >= 0.3 is 5.97 Å². The first-order valence-electron chi connectivity index (χ1n) is 6.98. The maximum atomic E-state index is 10.7. The largest absolute Gasteiger partial charge is 0.492 e. The lowest BCUT2D eigenvalue weighted by atomic mass is 10.1. The van der Waals surface area contributed by atoms with Gasteiger partial charge in [0.05, 0.1) is 5.56 Å². The van der Waals surface area contributed by atoms with Crippen LogP contribution in [-0.4, -0.2) is 24.2 Å². The number of aryl methyl sites for hydroxylation is 1. The first-order valence-corrected chi connectivity index (χ1v) is 6.98. The fourth-order valence-corrected chi connectivity index (χ4v) is 2.05. The number of hydrogen-bond donors (Lipinski definition) is 2. The molecule has 0 spiro atoms. The summed E-state index contributed by atoms with van der Waals surface area (Å²) in [6.07, 6.45) is 0.987. The van der Waals surface area contributed by atoms with Crippen LogP contribution in [0.2, 0.25) is 0 Å². The third-order valence-corrected chi connectivity index (χ3v) is 3.19. The molecule has 0 fully saturated rings. The van der Waals surface area contributed by atoms with Crippen LogP contribution in [0.5, 0.6) is 5.75 Å². The zero-order chi connectivity index (χ0) is 15.1. The molecule has 0 aliphatic heterocycles. The lowest BCUT2D eigenvalue weighted by molar-refractivity contribution is 0.0697. The van der Waals surface area contributed by atoms with Gasteiger partial charge in [-0.05, 0) is 42.3 Å². The Bertz CT molecular complexity index is 593. The maximum Gasteiger partial charge on any atom is 0.335 e. The smallest absolute Gasteiger partial charge is 0.335 e. The van der Waals surface area contributed by atoms with E-state index >= 15 is 0 Å². The molecule has 0 saturated carbocycles. The second-order valence-corrected chi connectivity index (χ2v) is 4.62. The zero-order valence-electron chi connectivity index (χ0n) is 12.0. The number of hydrogen-bond acceptors (Lipinski definition) is 3. The highest BCUT2D eigenvalue weighted by Gasteiger charge is 2.02. The Morgan fingerprint density at radius 2 is 1.86 bits per heavy atom. The van der Waals surface area contributed by atoms with Crippen molar-refractivity contribution in [3.63, 3.8) is 0 Å². The molecular weight excluding hydrogens is 266 g/mol. The van der Waals surface area contributed by atoms with Gasteiger partial charge in [-0.3, -0.25) is 0 Å². The van der Waals surface area contributed by atoms with Crippen molar-refractivity contribution in [3.05, 3.63) is 59.7 Å². The van der Waals surface area contributed by atoms with Crippen molar-refractivity contribution < 1.29 is 14.6 Å². The van der Waals surface area contributed by atoms with E-state index in [-0.39, 0.29) is 5.56 Å². The molecule has 4 heteroatoms. The van der Waals surface area contributed by atoms with Crippen molar-refractivity contribution in [1.82, 2.24) is 0 Å². The first kappa shape index (κ1) is 14.9. The van der Waals surface area contributed by atoms with Gasteiger partial charge in [0.25, 0.3) is 0 Å². The standard InChI is InChI=1S/C17H19NO3/c1-2-13-5-3-4-6-16(13)18-11-12-21-15-9-7-14(8-10-15)17(19)20/h3-10,18H,2,11-12H2,1H3,(H,19,20). The topological polar surface area (TPSA) is 58.6 Å². The molecule has 0 bridgehead atoms. The van der Waals surface area contributed by atoms with Gasteiger partial charge in [-0.2, -0.15) is 0 Å². The van der Waals surface area contributed by atoms with Gasteiger partial charge < -0.3 is 15.2 Å². The average molecular weight is 285 g/mol. The van der Waals surface area contributed by atoms with Gasteiger partial charge in [0.15, 0.2) is 0 Å². The first-order chi connectivity index (χ1) is 10.2. The third kappa shape index (κ3) is 4.24. The number of carbonyl (C=O) groups is 1. The van der Waals surface area contributed by atoms with Crippen molar-refractivity contribution >= 4 is 11.7 Å². The Labute approximate surface area is 124 Å². The van der Waals surface area contributed by atoms with Gasteiger partial charge in [-0.25, -0.2) is 4.79 Å². The van der Waals surface area contributed by atoms with Crippen molar-refractivity contribution in [2.75, 3.05) is 18.5 Å². The maximum absolute atomic E-state index is 10.7. The highest BCUT2D eigenvalue weighted by atomic mass is 16.5. The van der Waals surface area contributed by atoms with E-state index < -0.39 is 5.97 Å². The van der Waals surface area contributed by atoms with Crippen molar-refractivity contribution in [2.45, 2.75) is 13.3 Å². The Balaban J connectivity index is 1.80. The van der Waals surface area contributed by atoms with Crippen LogP contribution in [-0.2, 0) is 6.42 Å². The number of aromatic carboxylic acids is 1. The number of benzene rings is 2. The minimum atomic E-state index is -0.931. The van der Waals surface area contributed by atoms with Crippen LogP contribution in [0.4, 0.5) is 5.69 Å². The average Bonchev–Trinajstić information content (AvgIpc) is 2.52. The Hall–Kier alpha value is -2.49. The number of anilines is 1. The molecule has 0 amide bonds. The van der Waals surface area contributed by atoms with E-state index in [1.807, 2.05) is 12.1 Å². The van der Waals surface area contributed by atoms with E-state index in [4.69, 9.17) is 9.84 Å². The van der Waals surface area contributed by atoms with Gasteiger partial charge in [0.2, 0.25) is 0 Å². The number of rotatable bonds is 7. The van der Waals surface area contributed by atoms with E-state index in [0.29, 0.717) is 18.9 Å². The summed E-state index contributed by atoms with van der Waals surface area (Å²) in [5, 5.41) is 12.2. The van der Waals surface area contributed by atoms with Crippen LogP contribution in [0, 0.1) is 0 Å². The van der Waals surface area contributed by atoms with Crippen LogP contribution < -0.4 is 10.1 Å². The van der Waals surface area contributed by atoms with E-state index in [1.165, 1.54) is 17.7 Å². The second kappa shape index (κ2) is 7.33. The molecule has 2 N–H and O–H groups in total. The molecule has 21 heavy (non-hydrogen) atoms. The van der Waals surface area contributed by atoms with Gasteiger partial charge in [0, 0.05) is 12.2 Å². The predicted octanol–water partition coefficient (Wildman–Crippen LogP) is 3.44. The van der Waals surface area contributed by atoms with Crippen molar-refractivity contribution in [2.24, 2.45) is 0 Å². The zero-order valence-corrected chi connectivity index (χ0v) is 12.0. The molecule has 0 atom stereocenters. The predicted molar refractivity (Wildman–Crippen MR) is 83.2 cm³/mol. The quantitative estimate of drug-likeness (QED) is 0.765. The molecule has 2 rings (SSSR count). The van der Waals surface area contributed by atoms with Gasteiger partial charge in [-0.15, -0.1) is 0 Å². The van der Waals surface area contributed by atoms with Crippen LogP contribution >= 0.6 is 0 Å². The number of ether oxygens (including phenoxy) is 1. The van der Waals surface area contributed by atoms with Crippen LogP contribution in [0.15, 0.2) is 48.5 Å². The molecule has 110 valence electrons. The number of carboxylic acid groups (broad SMARTS) is 1. The molecule has 0 aliphatic carbocycles. The monoisotopic (exact) mass is 285 g/mol. The summed E-state index contributed by atoms with van der Waals surface area (Å²) in [6, 6.07) is 14.6. The summed E-state index contributed by atoms with van der Waals surface area (Å²) in [5.74, 6) is -0.259. The molecule has 0 radical (unpaired) electrons. The lowest BCUT2D eigenvalue weighted by Crippen LogP contribution is -2.12. The fourth-order valence-electron chi connectivity index (χ4n) is 2.05. The Morgan fingerprint density at radius 1 is 1.14 bits per heavy atom. The second-order valence-electron chi connectivity index (χ2n) is 4.62. The molecule has 0 heterocycles. The number of para-hydroxylation sites is 1. The fraction of sp³-hybridized carbons (Fsp3) is 0.235. The highest BCUT2D eigenvalue weighted by Crippen LogP contribution is 2.15. The van der Waals surface area contributed by atoms with Gasteiger partial charge in [0.1, 0.15) is 12.4 Å². The highest BCUT2D eigenvalue weighted by molar-refractivity contribution is 5.87. The summed E-state index contributed by atoms with van der Waals surface area (Å²) in [6.45, 7) is 3.34. The van der Waals surface area contributed by atoms with E-state index in [1.54, 1.807) is 12.1 Å². The molecule has 4 nitrogen and oxygen atoms in total. The van der Waals surface area contributed by atoms with E-state index in [0.717, 1.165) is 12.1 Å². The summed E-state index contributed by atoms with van der Waals surface area (Å²) in [4.78, 5) is 10.7. The summed E-state index contributed by atoms with van der Waals surface area (Å²) in [5.41, 5.74) is 2.67. The lowest BCUT2D eigenvalue weighted by Gasteiger charge is -2.11. The number of nitrogens with one attached hydrogen (secondary N) is 1. The summed E-state index contributed by atoms with van der Waals surface area (Å²) in [7, 11) is 0. The normalized spacial score (nSPS) is 10.1. The number of carboxylic acids is 1. The van der Waals surface area contributed by atoms with Gasteiger partial charge in [-0.1, -0.05) is 25.1 Å². The Morgan fingerprint density at radius 3 is 2.52 bits per heavy atom. The SMILES string of the molecule is CCc1ccccc1NCCOc1ccc(C(=O)O)cc1. The molecule has 0 aliphatic rings. The summed E-state index contributed by atoms with van der Waals surface area (Å²) < 4.78 is 5.58. The van der Waals surface area contributed by atoms with Crippen LogP contribution in [0.3, 0.4) is 0 Å². The summed E-state index contributed by atoms with van der Waals surface area (Å²) >= 11 is 0. The molecule has 0 saturated heterocycles. The van der Waals surface area contributed by atoms with Crippen molar-refractivity contribution in [1.29, 1.82) is 0 Å². The molecule has 0 unspecified atom stereocenters. The minimum absolute atomic E-state index is 0.261. The molecular formula is C17H19NO3. The van der Waals surface area contributed by atoms with Crippen LogP contribution in [0.1, 0.15) is 22.8 Å². The molecule has 0 aromatic heterocycles. The Kier molecular flexibility index (Phi) is 5.21. The molecule has 2 aromatic rings. The van der Waals surface area contributed by atoms with Crippen molar-refractivity contribution in [3.8, 4) is 5.75 Å². The van der Waals surface area contributed by atoms with E-state index in [2.05, 4.69) is 24.4 Å². The van der Waals surface area contributed by atoms with E-state index in [9.17, 15) is 4.79 Å². The third-order valence-electron chi connectivity index (χ3n) is 3.19.